The number of carboxylic acids is 1. The molecule has 0 spiro atoms. The zero-order valence-corrected chi connectivity index (χ0v) is 25.4. The van der Waals surface area contributed by atoms with Gasteiger partial charge in [-0.1, -0.05) is 19.6 Å². The molecule has 44 heavy (non-hydrogen) atoms. The van der Waals surface area contributed by atoms with Crippen molar-refractivity contribution >= 4 is 47.3 Å². The van der Waals surface area contributed by atoms with E-state index in [4.69, 9.17) is 19.7 Å². The van der Waals surface area contributed by atoms with E-state index in [0.717, 1.165) is 56.9 Å². The third kappa shape index (κ3) is 4.18. The number of carbonyl (C=O) groups excluding carboxylic acids is 1. The van der Waals surface area contributed by atoms with Gasteiger partial charge in [-0.25, -0.2) is 19.8 Å². The lowest BCUT2D eigenvalue weighted by Crippen LogP contribution is -2.20. The summed E-state index contributed by atoms with van der Waals surface area (Å²) in [6.07, 6.45) is 10.9. The number of carboxylic acid groups (broad SMARTS) is 1. The van der Waals surface area contributed by atoms with Crippen molar-refractivity contribution in [1.29, 1.82) is 0 Å². The van der Waals surface area contributed by atoms with Gasteiger partial charge in [-0.3, -0.25) is 4.79 Å². The van der Waals surface area contributed by atoms with E-state index in [0.29, 0.717) is 50.7 Å². The van der Waals surface area contributed by atoms with E-state index < -0.39 is 17.9 Å². The Labute approximate surface area is 254 Å². The van der Waals surface area contributed by atoms with Crippen molar-refractivity contribution < 1.29 is 24.5 Å². The van der Waals surface area contributed by atoms with Crippen LogP contribution in [0, 0.1) is 12.8 Å². The number of aliphatic hydroxyl groups is 1. The minimum absolute atomic E-state index is 0.177. The number of rotatable bonds is 5. The number of esters is 1. The molecule has 9 heteroatoms. The molecule has 3 N–H and O–H groups in total. The summed E-state index contributed by atoms with van der Waals surface area (Å²) < 4.78 is 5.12. The molecule has 1 atom stereocenters. The van der Waals surface area contributed by atoms with Gasteiger partial charge in [0.15, 0.2) is 0 Å². The number of hydrogen-bond donors (Lipinski definition) is 3. The second-order valence-corrected chi connectivity index (χ2v) is 11.1. The minimum atomic E-state index is -1.18. The summed E-state index contributed by atoms with van der Waals surface area (Å²) in [6.45, 7) is 13.9. The maximum absolute atomic E-state index is 13.2. The molecule has 1 aromatic rings. The van der Waals surface area contributed by atoms with Gasteiger partial charge in [0.2, 0.25) is 0 Å². The van der Waals surface area contributed by atoms with Crippen LogP contribution in [0.15, 0.2) is 102 Å². The van der Waals surface area contributed by atoms with Crippen LogP contribution in [0.2, 0.25) is 0 Å². The van der Waals surface area contributed by atoms with Crippen LogP contribution in [-0.2, 0) is 14.3 Å². The van der Waals surface area contributed by atoms with E-state index >= 15 is 0 Å². The van der Waals surface area contributed by atoms with Gasteiger partial charge < -0.3 is 19.9 Å². The van der Waals surface area contributed by atoms with Gasteiger partial charge in [-0.05, 0) is 86.3 Å². The monoisotopic (exact) mass is 588 g/mol. The number of methoxy groups -OCH3 is 1. The summed E-state index contributed by atoms with van der Waals surface area (Å²) in [6, 6.07) is 0. The normalized spacial score (nSPS) is 20.7. The van der Waals surface area contributed by atoms with E-state index in [1.807, 2.05) is 39.0 Å². The third-order valence-electron chi connectivity index (χ3n) is 8.81. The van der Waals surface area contributed by atoms with Crippen LogP contribution in [0.5, 0.6) is 0 Å². The average molecular weight is 589 g/mol. The summed E-state index contributed by atoms with van der Waals surface area (Å²) in [5.41, 5.74) is 10.3. The molecular formula is C35H32N4O5. The van der Waals surface area contributed by atoms with E-state index in [1.165, 1.54) is 13.2 Å². The number of nitrogens with zero attached hydrogens (tertiary/aromatic N) is 3. The van der Waals surface area contributed by atoms with Crippen molar-refractivity contribution in [2.75, 3.05) is 7.11 Å². The number of fused-ring (bicyclic) bond motifs is 5. The topological polar surface area (TPSA) is 137 Å². The number of nitrogens with one attached hydrogen (secondary N) is 1. The van der Waals surface area contributed by atoms with Gasteiger partial charge in [0.1, 0.15) is 11.7 Å². The van der Waals surface area contributed by atoms with Gasteiger partial charge >= 0.3 is 11.9 Å². The highest BCUT2D eigenvalue weighted by atomic mass is 16.5. The largest absolute Gasteiger partial charge is 0.510 e. The zero-order valence-electron chi connectivity index (χ0n) is 25.4. The SMILES string of the molecule is C=Cc1c(C)c2[nH]c1=CC1=NC(=CC3=C(C)C4=C(O)[C@@H](C(=O)OC)C(=C5N=C(C=2)C(C)=C5C=CC(=O)O)C4=N3)C(CC)=C1C. The second-order valence-electron chi connectivity index (χ2n) is 11.1. The maximum atomic E-state index is 13.2. The van der Waals surface area contributed by atoms with E-state index in [9.17, 15) is 19.8 Å². The molecule has 5 aliphatic rings. The van der Waals surface area contributed by atoms with E-state index in [2.05, 4.69) is 25.4 Å². The first-order valence-electron chi connectivity index (χ1n) is 14.3. The molecule has 0 amide bonds. The number of allylic oxidation sites excluding steroid dienone is 7. The molecule has 1 aromatic heterocycles. The molecule has 6 rings (SSSR count). The molecule has 9 nitrogen and oxygen atoms in total. The van der Waals surface area contributed by atoms with Gasteiger partial charge in [-0.15, -0.1) is 0 Å². The zero-order chi connectivity index (χ0) is 31.6. The van der Waals surface area contributed by atoms with E-state index in [1.54, 1.807) is 6.08 Å². The standard InChI is InChI=1S/C35H32N4O5/c1-8-19-15(3)22-12-24-17(5)21(10-11-28(40)41)32(38-24)30-31(35(43)44-7)34(42)29-18(6)25(39-33(29)30)14-27-20(9-2)16(4)23(37-27)13-26(19)36-22/h8,10-14,31,36,42H,1,9H2,2-7H3,(H,40,41)/t31-/m0/s1. The molecule has 0 fully saturated rings. The fraction of sp³-hybridized carbons (Fsp3) is 0.229. The Morgan fingerprint density at radius 3 is 2.39 bits per heavy atom. The van der Waals surface area contributed by atoms with Gasteiger partial charge in [0, 0.05) is 39.1 Å². The number of aliphatic hydroxyl groups excluding tert-OH is 1. The van der Waals surface area contributed by atoms with Crippen molar-refractivity contribution in [2.24, 2.45) is 20.9 Å². The van der Waals surface area contributed by atoms with Crippen molar-refractivity contribution in [3.05, 3.63) is 108 Å². The smallest absolute Gasteiger partial charge is 0.328 e. The van der Waals surface area contributed by atoms with Gasteiger partial charge in [-0.2, -0.15) is 0 Å². The lowest BCUT2D eigenvalue weighted by molar-refractivity contribution is -0.143. The van der Waals surface area contributed by atoms with E-state index in [-0.39, 0.29) is 5.76 Å². The first-order chi connectivity index (χ1) is 21.0. The van der Waals surface area contributed by atoms with Crippen LogP contribution in [-0.4, -0.2) is 51.4 Å². The molecule has 1 aliphatic carbocycles. The molecule has 222 valence electrons. The Morgan fingerprint density at radius 2 is 1.73 bits per heavy atom. The Balaban J connectivity index is 1.77. The molecule has 0 radical (unpaired) electrons. The molecule has 0 saturated heterocycles. The number of H-pyrrole nitrogens is 1. The van der Waals surface area contributed by atoms with Gasteiger partial charge in [0.05, 0.1) is 41.3 Å². The van der Waals surface area contributed by atoms with Crippen LogP contribution >= 0.6 is 0 Å². The third-order valence-corrected chi connectivity index (χ3v) is 8.81. The van der Waals surface area contributed by atoms with Crippen LogP contribution in [0.3, 0.4) is 0 Å². The summed E-state index contributed by atoms with van der Waals surface area (Å²) in [5, 5.41) is 22.7. The first-order valence-corrected chi connectivity index (χ1v) is 14.3. The predicted molar refractivity (Wildman–Crippen MR) is 172 cm³/mol. The number of aliphatic imine (C=N–C) groups is 3. The van der Waals surface area contributed by atoms with Crippen molar-refractivity contribution in [1.82, 2.24) is 4.98 Å². The fourth-order valence-electron chi connectivity index (χ4n) is 6.42. The Hall–Kier alpha value is -5.31. The molecular weight excluding hydrogens is 556 g/mol. The number of aliphatic carboxylic acids is 1. The molecule has 0 unspecified atom stereocenters. The maximum Gasteiger partial charge on any atom is 0.328 e. The summed E-state index contributed by atoms with van der Waals surface area (Å²) in [7, 11) is 1.26. The molecule has 0 aromatic carbocycles. The molecule has 5 heterocycles. The number of hydrogen-bond acceptors (Lipinski definition) is 7. The van der Waals surface area contributed by atoms with Crippen LogP contribution in [0.1, 0.15) is 45.2 Å². The van der Waals surface area contributed by atoms with Crippen LogP contribution in [0.25, 0.3) is 18.2 Å². The highest BCUT2D eigenvalue weighted by Gasteiger charge is 2.47. The first kappa shape index (κ1) is 28.8. The van der Waals surface area contributed by atoms with Crippen LogP contribution < -0.4 is 10.7 Å². The summed E-state index contributed by atoms with van der Waals surface area (Å²) >= 11 is 0. The summed E-state index contributed by atoms with van der Waals surface area (Å²) in [4.78, 5) is 43.2. The lowest BCUT2D eigenvalue weighted by atomic mass is 9.93. The quantitative estimate of drug-likeness (QED) is 0.341. The highest BCUT2D eigenvalue weighted by Crippen LogP contribution is 2.47. The van der Waals surface area contributed by atoms with Crippen molar-refractivity contribution in [2.45, 2.75) is 41.0 Å². The van der Waals surface area contributed by atoms with Crippen LogP contribution in [0.4, 0.5) is 0 Å². The Kier molecular flexibility index (Phi) is 6.84. The number of ether oxygens (including phenoxy) is 1. The Morgan fingerprint density at radius 1 is 1.02 bits per heavy atom. The average Bonchev–Trinajstić information content (AvgIpc) is 3.72. The number of carbonyl (C=O) groups is 2. The second kappa shape index (κ2) is 10.4. The molecule has 4 aliphatic heterocycles. The fourth-order valence-corrected chi connectivity index (χ4v) is 6.42. The minimum Gasteiger partial charge on any atom is -0.510 e. The van der Waals surface area contributed by atoms with Gasteiger partial charge in [0.25, 0.3) is 0 Å². The number of aromatic amines is 1. The van der Waals surface area contributed by atoms with Crippen molar-refractivity contribution in [3.63, 3.8) is 0 Å². The lowest BCUT2D eigenvalue weighted by Gasteiger charge is -2.14. The Bertz CT molecular complexity index is 2080. The molecule has 8 bridgehead atoms. The van der Waals surface area contributed by atoms with Crippen molar-refractivity contribution in [3.8, 4) is 0 Å². The predicted octanol–water partition coefficient (Wildman–Crippen LogP) is 4.62. The highest BCUT2D eigenvalue weighted by molar-refractivity contribution is 6.28. The number of aromatic nitrogens is 1. The molecule has 0 saturated carbocycles. The summed E-state index contributed by atoms with van der Waals surface area (Å²) in [5.74, 6) is -3.16.